The summed E-state index contributed by atoms with van der Waals surface area (Å²) in [4.78, 5) is 0. The van der Waals surface area contributed by atoms with Gasteiger partial charge in [0.1, 0.15) is 0 Å². The topological polar surface area (TPSA) is 47.8 Å². The van der Waals surface area contributed by atoms with Crippen molar-refractivity contribution in [2.24, 2.45) is 0 Å². The molecule has 1 rings (SSSR count). The zero-order chi connectivity index (χ0) is 10.4. The summed E-state index contributed by atoms with van der Waals surface area (Å²) in [5.74, 6) is 0. The summed E-state index contributed by atoms with van der Waals surface area (Å²) in [7, 11) is 1.89. The molecule has 74 valence electrons. The molecular weight excluding hydrogens is 198 g/mol. The van der Waals surface area contributed by atoms with Crippen molar-refractivity contribution in [2.75, 3.05) is 25.5 Å². The summed E-state index contributed by atoms with van der Waals surface area (Å²) in [5, 5.41) is 15.4. The number of benzene rings is 1. The van der Waals surface area contributed by atoms with Gasteiger partial charge in [0.25, 0.3) is 0 Å². The number of halogens is 1. The summed E-state index contributed by atoms with van der Waals surface area (Å²) in [6.07, 6.45) is 0. The first-order valence-electron chi connectivity index (χ1n) is 4.36. The van der Waals surface area contributed by atoms with Crippen molar-refractivity contribution < 1.29 is 0 Å². The monoisotopic (exact) mass is 209 g/mol. The van der Waals surface area contributed by atoms with Crippen LogP contribution in [0.2, 0.25) is 5.02 Å². The van der Waals surface area contributed by atoms with Gasteiger partial charge in [-0.1, -0.05) is 11.6 Å². The number of anilines is 1. The predicted molar refractivity (Wildman–Crippen MR) is 58.6 cm³/mol. The van der Waals surface area contributed by atoms with E-state index in [1.807, 2.05) is 19.2 Å². The quantitative estimate of drug-likeness (QED) is 0.744. The van der Waals surface area contributed by atoms with E-state index in [9.17, 15) is 0 Å². The van der Waals surface area contributed by atoms with Gasteiger partial charge < -0.3 is 10.6 Å². The molecule has 1 aromatic carbocycles. The highest BCUT2D eigenvalue weighted by atomic mass is 35.5. The Morgan fingerprint density at radius 3 is 2.79 bits per heavy atom. The van der Waals surface area contributed by atoms with Crippen LogP contribution in [0.25, 0.3) is 0 Å². The Morgan fingerprint density at radius 1 is 1.43 bits per heavy atom. The number of hydrogen-bond donors (Lipinski definition) is 2. The van der Waals surface area contributed by atoms with Crippen molar-refractivity contribution in [1.82, 2.24) is 5.32 Å². The summed E-state index contributed by atoms with van der Waals surface area (Å²) in [6, 6.07) is 7.25. The van der Waals surface area contributed by atoms with E-state index in [1.165, 1.54) is 0 Å². The third-order valence-corrected chi connectivity index (χ3v) is 2.10. The molecule has 0 spiro atoms. The molecule has 0 amide bonds. The number of nitrogens with one attached hydrogen (secondary N) is 2. The maximum atomic E-state index is 8.63. The first-order valence-corrected chi connectivity index (χ1v) is 4.74. The predicted octanol–water partition coefficient (Wildman–Crippen LogP) is 1.84. The fourth-order valence-corrected chi connectivity index (χ4v) is 1.30. The van der Waals surface area contributed by atoms with Crippen LogP contribution in [0.5, 0.6) is 0 Å². The maximum absolute atomic E-state index is 8.63. The van der Waals surface area contributed by atoms with Gasteiger partial charge >= 0.3 is 0 Å². The molecule has 0 aliphatic rings. The van der Waals surface area contributed by atoms with Gasteiger partial charge in [0, 0.05) is 13.1 Å². The molecule has 0 heterocycles. The van der Waals surface area contributed by atoms with Crippen LogP contribution in [0, 0.1) is 11.3 Å². The van der Waals surface area contributed by atoms with Crippen molar-refractivity contribution in [3.63, 3.8) is 0 Å². The molecule has 4 heteroatoms. The van der Waals surface area contributed by atoms with E-state index >= 15 is 0 Å². The first kappa shape index (κ1) is 10.8. The van der Waals surface area contributed by atoms with Crippen LogP contribution in [0.3, 0.4) is 0 Å². The minimum absolute atomic E-state index is 0.578. The number of rotatable bonds is 4. The Kier molecular flexibility index (Phi) is 4.24. The van der Waals surface area contributed by atoms with E-state index in [2.05, 4.69) is 10.6 Å². The molecule has 2 N–H and O–H groups in total. The molecule has 0 bridgehead atoms. The van der Waals surface area contributed by atoms with E-state index in [0.717, 1.165) is 18.8 Å². The van der Waals surface area contributed by atoms with Gasteiger partial charge in [-0.2, -0.15) is 5.26 Å². The lowest BCUT2D eigenvalue weighted by atomic mass is 10.2. The number of likely N-dealkylation sites (N-methyl/N-ethyl adjacent to an activating group) is 1. The first-order chi connectivity index (χ1) is 6.77. The zero-order valence-corrected chi connectivity index (χ0v) is 8.73. The molecule has 0 saturated heterocycles. The largest absolute Gasteiger partial charge is 0.383 e. The van der Waals surface area contributed by atoms with E-state index in [0.29, 0.717) is 10.6 Å². The van der Waals surface area contributed by atoms with Crippen molar-refractivity contribution in [2.45, 2.75) is 0 Å². The van der Waals surface area contributed by atoms with Crippen LogP contribution in [0.15, 0.2) is 18.2 Å². The molecule has 0 unspecified atom stereocenters. The van der Waals surface area contributed by atoms with E-state index in [1.54, 1.807) is 12.1 Å². The van der Waals surface area contributed by atoms with Gasteiger partial charge in [0.15, 0.2) is 0 Å². The average molecular weight is 210 g/mol. The SMILES string of the molecule is CNCCNc1ccc(C#N)cc1Cl. The van der Waals surface area contributed by atoms with Gasteiger partial charge in [0.2, 0.25) is 0 Å². The second kappa shape index (κ2) is 5.48. The van der Waals surface area contributed by atoms with Crippen LogP contribution >= 0.6 is 11.6 Å². The second-order valence-electron chi connectivity index (χ2n) is 2.84. The van der Waals surface area contributed by atoms with Gasteiger partial charge in [0.05, 0.1) is 22.3 Å². The minimum atomic E-state index is 0.578. The van der Waals surface area contributed by atoms with Gasteiger partial charge in [-0.3, -0.25) is 0 Å². The molecule has 0 atom stereocenters. The summed E-state index contributed by atoms with van der Waals surface area (Å²) in [5.41, 5.74) is 1.44. The minimum Gasteiger partial charge on any atom is -0.383 e. The Balaban J connectivity index is 2.65. The Morgan fingerprint density at radius 2 is 2.21 bits per heavy atom. The fourth-order valence-electron chi connectivity index (χ4n) is 1.05. The number of hydrogen-bond acceptors (Lipinski definition) is 3. The highest BCUT2D eigenvalue weighted by Gasteiger charge is 2.00. The highest BCUT2D eigenvalue weighted by Crippen LogP contribution is 2.22. The van der Waals surface area contributed by atoms with Crippen LogP contribution in [0.4, 0.5) is 5.69 Å². The lowest BCUT2D eigenvalue weighted by Gasteiger charge is -2.07. The molecule has 0 fully saturated rings. The zero-order valence-electron chi connectivity index (χ0n) is 7.97. The van der Waals surface area contributed by atoms with Gasteiger partial charge in [-0.15, -0.1) is 0 Å². The normalized spacial score (nSPS) is 9.50. The van der Waals surface area contributed by atoms with Gasteiger partial charge in [-0.25, -0.2) is 0 Å². The van der Waals surface area contributed by atoms with Gasteiger partial charge in [-0.05, 0) is 25.2 Å². The second-order valence-corrected chi connectivity index (χ2v) is 3.24. The lowest BCUT2D eigenvalue weighted by molar-refractivity contribution is 0.824. The maximum Gasteiger partial charge on any atom is 0.0992 e. The highest BCUT2D eigenvalue weighted by molar-refractivity contribution is 6.33. The Labute approximate surface area is 88.7 Å². The van der Waals surface area contributed by atoms with Crippen LogP contribution in [-0.2, 0) is 0 Å². The van der Waals surface area contributed by atoms with Crippen molar-refractivity contribution in [3.8, 4) is 6.07 Å². The molecule has 14 heavy (non-hydrogen) atoms. The van der Waals surface area contributed by atoms with Crippen molar-refractivity contribution in [1.29, 1.82) is 5.26 Å². The van der Waals surface area contributed by atoms with Crippen LogP contribution in [0.1, 0.15) is 5.56 Å². The molecule has 1 aromatic rings. The van der Waals surface area contributed by atoms with Crippen molar-refractivity contribution >= 4 is 17.3 Å². The average Bonchev–Trinajstić information content (AvgIpc) is 2.20. The standard InChI is InChI=1S/C10H12ClN3/c1-13-4-5-14-10-3-2-8(7-12)6-9(10)11/h2-3,6,13-14H,4-5H2,1H3. The number of nitrogens with zero attached hydrogens (tertiary/aromatic N) is 1. The number of nitriles is 1. The summed E-state index contributed by atoms with van der Waals surface area (Å²) in [6.45, 7) is 1.68. The smallest absolute Gasteiger partial charge is 0.0992 e. The van der Waals surface area contributed by atoms with E-state index in [4.69, 9.17) is 16.9 Å². The van der Waals surface area contributed by atoms with E-state index < -0.39 is 0 Å². The Bertz CT molecular complexity index is 344. The van der Waals surface area contributed by atoms with Crippen LogP contribution in [-0.4, -0.2) is 20.1 Å². The fraction of sp³-hybridized carbons (Fsp3) is 0.300. The van der Waals surface area contributed by atoms with Crippen LogP contribution < -0.4 is 10.6 Å². The third-order valence-electron chi connectivity index (χ3n) is 1.79. The summed E-state index contributed by atoms with van der Waals surface area (Å²) < 4.78 is 0. The lowest BCUT2D eigenvalue weighted by Crippen LogP contribution is -2.17. The molecule has 0 radical (unpaired) electrons. The van der Waals surface area contributed by atoms with Crippen molar-refractivity contribution in [3.05, 3.63) is 28.8 Å². The molecule has 0 saturated carbocycles. The third kappa shape index (κ3) is 2.91. The molecule has 3 nitrogen and oxygen atoms in total. The van der Waals surface area contributed by atoms with E-state index in [-0.39, 0.29) is 0 Å². The molecule has 0 aliphatic heterocycles. The Hall–Kier alpha value is -1.24. The summed E-state index contributed by atoms with van der Waals surface area (Å²) >= 11 is 5.95. The molecule has 0 aromatic heterocycles. The molecule has 0 aliphatic carbocycles. The molecular formula is C10H12ClN3.